The molecule has 0 fully saturated rings. The molecule has 1 radical (unpaired) electrons. The summed E-state index contributed by atoms with van der Waals surface area (Å²) >= 11 is 0. The Kier molecular flexibility index (Phi) is 12.6. The molecule has 33 heavy (non-hydrogen) atoms. The van der Waals surface area contributed by atoms with Gasteiger partial charge in [0.1, 0.15) is 0 Å². The van der Waals surface area contributed by atoms with Gasteiger partial charge in [0.05, 0.1) is 5.76 Å². The van der Waals surface area contributed by atoms with Crippen molar-refractivity contribution >= 4 is 5.78 Å². The number of carbonyl (C=O) groups is 1. The fourth-order valence-corrected chi connectivity index (χ4v) is 3.26. The second kappa shape index (κ2) is 14.6. The number of aromatic nitrogens is 1. The molecule has 0 amide bonds. The summed E-state index contributed by atoms with van der Waals surface area (Å²) in [6, 6.07) is 23.8. The van der Waals surface area contributed by atoms with E-state index in [1.54, 1.807) is 0 Å². The molecule has 0 bridgehead atoms. The van der Waals surface area contributed by atoms with E-state index in [1.165, 1.54) is 22.8 Å². The molecule has 0 aliphatic heterocycles. The summed E-state index contributed by atoms with van der Waals surface area (Å²) < 4.78 is 0. The van der Waals surface area contributed by atoms with Gasteiger partial charge >= 0.3 is 0 Å². The van der Waals surface area contributed by atoms with Crippen molar-refractivity contribution in [3.63, 3.8) is 0 Å². The molecule has 177 valence electrons. The van der Waals surface area contributed by atoms with Gasteiger partial charge in [-0.2, -0.15) is 0 Å². The summed E-state index contributed by atoms with van der Waals surface area (Å²) in [6.45, 7) is 10.1. The largest absolute Gasteiger partial charge is 0.512 e. The van der Waals surface area contributed by atoms with Crippen molar-refractivity contribution in [1.82, 2.24) is 4.98 Å². The van der Waals surface area contributed by atoms with Crippen LogP contribution in [0, 0.1) is 24.8 Å². The molecule has 1 N–H and O–H groups in total. The fourth-order valence-electron chi connectivity index (χ4n) is 3.26. The van der Waals surface area contributed by atoms with E-state index in [-0.39, 0.29) is 31.6 Å². The molecule has 3 aromatic rings. The number of hydrogen-bond acceptors (Lipinski definition) is 3. The second-order valence-electron chi connectivity index (χ2n) is 8.87. The van der Waals surface area contributed by atoms with E-state index < -0.39 is 0 Å². The number of nitrogens with zero attached hydrogens (tertiary/aromatic N) is 1. The number of aliphatic hydroxyl groups is 1. The van der Waals surface area contributed by atoms with Crippen LogP contribution in [-0.2, 0) is 24.9 Å². The van der Waals surface area contributed by atoms with Gasteiger partial charge in [-0.15, -0.1) is 35.9 Å². The topological polar surface area (TPSA) is 50.2 Å². The van der Waals surface area contributed by atoms with Crippen molar-refractivity contribution in [2.24, 2.45) is 11.8 Å². The van der Waals surface area contributed by atoms with Gasteiger partial charge < -0.3 is 10.1 Å². The van der Waals surface area contributed by atoms with Crippen molar-refractivity contribution in [1.29, 1.82) is 0 Å². The third-order valence-electron chi connectivity index (χ3n) is 4.65. The summed E-state index contributed by atoms with van der Waals surface area (Å²) in [5.41, 5.74) is 5.66. The maximum atomic E-state index is 11.2. The minimum absolute atomic E-state index is 0. The van der Waals surface area contributed by atoms with Gasteiger partial charge in [-0.25, -0.2) is 0 Å². The summed E-state index contributed by atoms with van der Waals surface area (Å²) in [6.07, 6.45) is 4.32. The minimum atomic E-state index is 0. The predicted octanol–water partition coefficient (Wildman–Crippen LogP) is 7.61. The van der Waals surface area contributed by atoms with Crippen LogP contribution in [-0.4, -0.2) is 15.9 Å². The quantitative estimate of drug-likeness (QED) is 0.168. The van der Waals surface area contributed by atoms with E-state index in [1.807, 2.05) is 64.2 Å². The Morgan fingerprint density at radius 1 is 0.970 bits per heavy atom. The van der Waals surface area contributed by atoms with E-state index >= 15 is 0 Å². The van der Waals surface area contributed by atoms with Crippen molar-refractivity contribution in [2.75, 3.05) is 0 Å². The van der Waals surface area contributed by atoms with Gasteiger partial charge in [0.2, 0.25) is 0 Å². The molecule has 2 aromatic carbocycles. The van der Waals surface area contributed by atoms with Crippen molar-refractivity contribution in [3.05, 3.63) is 90.3 Å². The fraction of sp³-hybridized carbons (Fsp3) is 0.310. The zero-order valence-electron chi connectivity index (χ0n) is 20.1. The van der Waals surface area contributed by atoms with Crippen LogP contribution in [0.25, 0.3) is 22.4 Å². The van der Waals surface area contributed by atoms with Gasteiger partial charge in [-0.1, -0.05) is 63.6 Å². The van der Waals surface area contributed by atoms with Crippen LogP contribution >= 0.6 is 0 Å². The first-order valence-electron chi connectivity index (χ1n) is 11.2. The maximum absolute atomic E-state index is 11.2. The van der Waals surface area contributed by atoms with Gasteiger partial charge in [0, 0.05) is 45.2 Å². The molecule has 0 spiro atoms. The molecule has 0 aliphatic rings. The molecule has 0 saturated heterocycles. The second-order valence-corrected chi connectivity index (χ2v) is 8.87. The molecule has 1 aromatic heterocycles. The summed E-state index contributed by atoms with van der Waals surface area (Å²) in [4.78, 5) is 15.6. The Balaban J connectivity index is 0.000000346. The van der Waals surface area contributed by atoms with Crippen molar-refractivity contribution in [2.45, 2.75) is 47.5 Å². The molecular formula is C29H34IrNO2-. The average molecular weight is 621 g/mol. The molecule has 0 aliphatic carbocycles. The zero-order valence-corrected chi connectivity index (χ0v) is 22.5. The van der Waals surface area contributed by atoms with Gasteiger partial charge in [-0.05, 0) is 41.6 Å². The molecule has 4 heteroatoms. The van der Waals surface area contributed by atoms with E-state index in [4.69, 9.17) is 0 Å². The van der Waals surface area contributed by atoms with Crippen molar-refractivity contribution < 1.29 is 30.0 Å². The standard InChI is InChI=1S/C18H14N.C11H20O2.Ir/c1-14-6-5-9-16(12-14)17-10-11-19-18(13-17)15-7-3-2-4-8-15;1-8(2)5-10(12)7-11(13)6-9(3)4;/h2-7,9-13H,1H3;7-9,12H,5-6H2,1-4H3;/q-1;;/b;10-7-;. The molecule has 3 nitrogen and oxygen atoms in total. The third-order valence-corrected chi connectivity index (χ3v) is 4.65. The van der Waals surface area contributed by atoms with Gasteiger partial charge in [0.25, 0.3) is 0 Å². The number of benzene rings is 2. The Hall–Kier alpha value is -2.55. The number of pyridine rings is 1. The van der Waals surface area contributed by atoms with Crippen LogP contribution in [0.3, 0.4) is 0 Å². The van der Waals surface area contributed by atoms with Crippen molar-refractivity contribution in [3.8, 4) is 22.4 Å². The van der Waals surface area contributed by atoms with Crippen LogP contribution in [0.2, 0.25) is 0 Å². The summed E-state index contributed by atoms with van der Waals surface area (Å²) in [7, 11) is 0. The van der Waals surface area contributed by atoms with Crippen LogP contribution in [0.15, 0.2) is 78.7 Å². The number of ketones is 1. The first kappa shape index (κ1) is 28.5. The van der Waals surface area contributed by atoms with E-state index in [0.717, 1.165) is 11.3 Å². The van der Waals surface area contributed by atoms with E-state index in [9.17, 15) is 9.90 Å². The Labute approximate surface area is 212 Å². The number of aliphatic hydroxyl groups excluding tert-OH is 1. The summed E-state index contributed by atoms with van der Waals surface area (Å²) in [5, 5.41) is 9.34. The molecule has 3 rings (SSSR count). The van der Waals surface area contributed by atoms with Crippen LogP contribution < -0.4 is 0 Å². The average Bonchev–Trinajstić information content (AvgIpc) is 2.73. The number of carbonyl (C=O) groups excluding carboxylic acids is 1. The van der Waals surface area contributed by atoms with Gasteiger partial charge in [0.15, 0.2) is 5.78 Å². The number of aryl methyl sites for hydroxylation is 1. The van der Waals surface area contributed by atoms with E-state index in [0.29, 0.717) is 24.7 Å². The van der Waals surface area contributed by atoms with Gasteiger partial charge in [-0.3, -0.25) is 4.79 Å². The molecule has 1 heterocycles. The first-order valence-corrected chi connectivity index (χ1v) is 11.2. The molecule has 0 unspecified atom stereocenters. The number of allylic oxidation sites excluding steroid dienone is 2. The zero-order chi connectivity index (χ0) is 23.5. The molecular weight excluding hydrogens is 587 g/mol. The predicted molar refractivity (Wildman–Crippen MR) is 133 cm³/mol. The summed E-state index contributed by atoms with van der Waals surface area (Å²) in [5.74, 6) is 0.979. The minimum Gasteiger partial charge on any atom is -0.512 e. The maximum Gasteiger partial charge on any atom is 0.159 e. The normalized spacial score (nSPS) is 10.9. The Bertz CT molecular complexity index is 1030. The molecule has 0 atom stereocenters. The van der Waals surface area contributed by atoms with Crippen LogP contribution in [0.1, 0.15) is 46.1 Å². The Morgan fingerprint density at radius 3 is 2.27 bits per heavy atom. The SMILES string of the molecule is CC(C)CC(=O)/C=C(\O)CC(C)C.Cc1cccc(-c2ccnc(-c3[c-]cccc3)c2)c1.[Ir]. The molecule has 0 saturated carbocycles. The monoisotopic (exact) mass is 621 g/mol. The number of hydrogen-bond donors (Lipinski definition) is 1. The smallest absolute Gasteiger partial charge is 0.159 e. The van der Waals surface area contributed by atoms with E-state index in [2.05, 4.69) is 48.3 Å². The Morgan fingerprint density at radius 2 is 1.67 bits per heavy atom. The third kappa shape index (κ3) is 10.7. The first-order chi connectivity index (χ1) is 15.2. The number of rotatable bonds is 7. The van der Waals surface area contributed by atoms with Crippen LogP contribution in [0.5, 0.6) is 0 Å². The van der Waals surface area contributed by atoms with Crippen LogP contribution in [0.4, 0.5) is 0 Å².